The third-order valence-corrected chi connectivity index (χ3v) is 6.16. The number of nitrogens with one attached hydrogen (secondary N) is 1. The highest BCUT2D eigenvalue weighted by molar-refractivity contribution is 8.77. The van der Waals surface area contributed by atoms with Crippen LogP contribution in [-0.2, 0) is 9.59 Å². The number of carbonyl (C=O) groups excluding carboxylic acids is 2. The standard InChI is InChI=1S/C13H25N3O2S2/c1-16(10-12(14)17)8-7-15-13(18)5-3-2-4-11-6-9-19-20-11/h11H,2-10H2,1H3,(H2,14,17)(H,15,18). The Morgan fingerprint density at radius 2 is 2.20 bits per heavy atom. The topological polar surface area (TPSA) is 75.4 Å². The van der Waals surface area contributed by atoms with E-state index in [1.807, 2.05) is 28.6 Å². The summed E-state index contributed by atoms with van der Waals surface area (Å²) in [5, 5.41) is 3.67. The fourth-order valence-corrected chi connectivity index (χ4v) is 5.07. The summed E-state index contributed by atoms with van der Waals surface area (Å²) in [4.78, 5) is 24.1. The van der Waals surface area contributed by atoms with Crippen LogP contribution in [0.15, 0.2) is 0 Å². The van der Waals surface area contributed by atoms with Crippen LogP contribution >= 0.6 is 21.6 Å². The van der Waals surface area contributed by atoms with Crippen molar-refractivity contribution < 1.29 is 9.59 Å². The number of unbranched alkanes of at least 4 members (excludes halogenated alkanes) is 1. The van der Waals surface area contributed by atoms with Gasteiger partial charge in [-0.05, 0) is 26.3 Å². The van der Waals surface area contributed by atoms with E-state index in [2.05, 4.69) is 5.32 Å². The second-order valence-electron chi connectivity index (χ2n) is 5.13. The maximum absolute atomic E-state index is 11.6. The van der Waals surface area contributed by atoms with Gasteiger partial charge in [-0.2, -0.15) is 0 Å². The first-order valence-corrected chi connectivity index (χ1v) is 9.48. The zero-order chi connectivity index (χ0) is 14.8. The molecule has 5 nitrogen and oxygen atoms in total. The number of primary amides is 1. The zero-order valence-electron chi connectivity index (χ0n) is 12.1. The first kappa shape index (κ1) is 17.7. The van der Waals surface area contributed by atoms with Crippen molar-refractivity contribution in [3.05, 3.63) is 0 Å². The lowest BCUT2D eigenvalue weighted by Gasteiger charge is -2.14. The molecule has 0 radical (unpaired) electrons. The molecule has 116 valence electrons. The summed E-state index contributed by atoms with van der Waals surface area (Å²) in [7, 11) is 5.77. The van der Waals surface area contributed by atoms with Gasteiger partial charge in [0.1, 0.15) is 0 Å². The summed E-state index contributed by atoms with van der Waals surface area (Å²) < 4.78 is 0. The van der Waals surface area contributed by atoms with Gasteiger partial charge in [-0.3, -0.25) is 14.5 Å². The lowest BCUT2D eigenvalue weighted by Crippen LogP contribution is -2.37. The minimum atomic E-state index is -0.346. The van der Waals surface area contributed by atoms with E-state index in [1.165, 1.54) is 18.6 Å². The normalized spacial score (nSPS) is 18.4. The van der Waals surface area contributed by atoms with E-state index in [0.717, 1.165) is 18.1 Å². The molecule has 1 aliphatic heterocycles. The molecule has 2 amide bonds. The quantitative estimate of drug-likeness (QED) is 0.468. The van der Waals surface area contributed by atoms with E-state index in [-0.39, 0.29) is 18.4 Å². The van der Waals surface area contributed by atoms with Crippen LogP contribution in [0.3, 0.4) is 0 Å². The second-order valence-corrected chi connectivity index (χ2v) is 7.92. The molecule has 0 aromatic rings. The molecule has 0 aliphatic carbocycles. The minimum absolute atomic E-state index is 0.103. The highest BCUT2D eigenvalue weighted by Gasteiger charge is 2.15. The van der Waals surface area contributed by atoms with Crippen LogP contribution < -0.4 is 11.1 Å². The van der Waals surface area contributed by atoms with Crippen LogP contribution in [0.2, 0.25) is 0 Å². The highest BCUT2D eigenvalue weighted by atomic mass is 33.1. The van der Waals surface area contributed by atoms with E-state index in [4.69, 9.17) is 5.73 Å². The van der Waals surface area contributed by atoms with Crippen molar-refractivity contribution in [2.75, 3.05) is 32.4 Å². The molecule has 0 saturated carbocycles. The number of hydrogen-bond acceptors (Lipinski definition) is 5. The fraction of sp³-hybridized carbons (Fsp3) is 0.846. The largest absolute Gasteiger partial charge is 0.369 e. The summed E-state index contributed by atoms with van der Waals surface area (Å²) in [6.45, 7) is 1.44. The Balaban J connectivity index is 1.93. The lowest BCUT2D eigenvalue weighted by molar-refractivity contribution is -0.121. The summed E-state index contributed by atoms with van der Waals surface area (Å²) in [6.07, 6.45) is 5.24. The maximum atomic E-state index is 11.6. The van der Waals surface area contributed by atoms with Gasteiger partial charge in [-0.1, -0.05) is 28.0 Å². The molecule has 3 N–H and O–H groups in total. The molecule has 1 aliphatic rings. The molecular formula is C13H25N3O2S2. The number of rotatable bonds is 10. The minimum Gasteiger partial charge on any atom is -0.369 e. The summed E-state index contributed by atoms with van der Waals surface area (Å²) in [6, 6.07) is 0. The summed E-state index contributed by atoms with van der Waals surface area (Å²) in [5.74, 6) is 1.03. The zero-order valence-corrected chi connectivity index (χ0v) is 13.7. The van der Waals surface area contributed by atoms with Crippen molar-refractivity contribution in [2.24, 2.45) is 5.73 Å². The predicted octanol–water partition coefficient (Wildman–Crippen LogP) is 1.23. The van der Waals surface area contributed by atoms with E-state index < -0.39 is 0 Å². The molecule has 20 heavy (non-hydrogen) atoms. The number of carbonyl (C=O) groups is 2. The monoisotopic (exact) mass is 319 g/mol. The molecule has 0 spiro atoms. The predicted molar refractivity (Wildman–Crippen MR) is 86.6 cm³/mol. The lowest BCUT2D eigenvalue weighted by atomic mass is 10.1. The van der Waals surface area contributed by atoms with Crippen molar-refractivity contribution in [2.45, 2.75) is 37.4 Å². The molecular weight excluding hydrogens is 294 g/mol. The van der Waals surface area contributed by atoms with E-state index in [1.54, 1.807) is 4.90 Å². The van der Waals surface area contributed by atoms with E-state index in [9.17, 15) is 9.59 Å². The Hall–Kier alpha value is -0.400. The van der Waals surface area contributed by atoms with Gasteiger partial charge in [-0.25, -0.2) is 0 Å². The number of likely N-dealkylation sites (N-methyl/N-ethyl adjacent to an activating group) is 1. The van der Waals surface area contributed by atoms with Crippen LogP contribution in [0.5, 0.6) is 0 Å². The summed E-state index contributed by atoms with van der Waals surface area (Å²) >= 11 is 0. The van der Waals surface area contributed by atoms with Crippen LogP contribution in [0.4, 0.5) is 0 Å². The van der Waals surface area contributed by atoms with Crippen molar-refractivity contribution in [3.63, 3.8) is 0 Å². The van der Waals surface area contributed by atoms with Crippen LogP contribution in [0, 0.1) is 0 Å². The van der Waals surface area contributed by atoms with Gasteiger partial charge < -0.3 is 11.1 Å². The third kappa shape index (κ3) is 8.71. The number of nitrogens with two attached hydrogens (primary N) is 1. The van der Waals surface area contributed by atoms with Crippen molar-refractivity contribution in [3.8, 4) is 0 Å². The molecule has 1 fully saturated rings. The van der Waals surface area contributed by atoms with Gasteiger partial charge in [0.15, 0.2) is 0 Å². The molecule has 1 saturated heterocycles. The smallest absolute Gasteiger partial charge is 0.231 e. The Morgan fingerprint density at radius 1 is 1.40 bits per heavy atom. The van der Waals surface area contributed by atoms with Gasteiger partial charge in [0, 0.05) is 30.5 Å². The third-order valence-electron chi connectivity index (χ3n) is 3.15. The van der Waals surface area contributed by atoms with Crippen molar-refractivity contribution in [1.82, 2.24) is 10.2 Å². The first-order valence-electron chi connectivity index (χ1n) is 7.09. The maximum Gasteiger partial charge on any atom is 0.231 e. The first-order chi connectivity index (χ1) is 9.58. The Kier molecular flexibility index (Phi) is 9.13. The molecule has 0 aromatic carbocycles. The molecule has 1 heterocycles. The summed E-state index contributed by atoms with van der Waals surface area (Å²) in [5.41, 5.74) is 5.09. The number of amides is 2. The van der Waals surface area contributed by atoms with Gasteiger partial charge in [0.2, 0.25) is 11.8 Å². The molecule has 7 heteroatoms. The van der Waals surface area contributed by atoms with Crippen LogP contribution in [-0.4, -0.2) is 54.4 Å². The molecule has 0 bridgehead atoms. The van der Waals surface area contributed by atoms with Gasteiger partial charge in [-0.15, -0.1) is 0 Å². The van der Waals surface area contributed by atoms with Crippen molar-refractivity contribution >= 4 is 33.4 Å². The highest BCUT2D eigenvalue weighted by Crippen LogP contribution is 2.39. The Bertz CT molecular complexity index is 310. The van der Waals surface area contributed by atoms with Gasteiger partial charge in [0.05, 0.1) is 6.54 Å². The van der Waals surface area contributed by atoms with Crippen LogP contribution in [0.1, 0.15) is 32.1 Å². The average molecular weight is 319 g/mol. The molecule has 1 unspecified atom stereocenters. The Morgan fingerprint density at radius 3 is 2.85 bits per heavy atom. The second kappa shape index (κ2) is 10.3. The molecule has 0 aromatic heterocycles. The van der Waals surface area contributed by atoms with Gasteiger partial charge >= 0.3 is 0 Å². The average Bonchev–Trinajstić information content (AvgIpc) is 2.86. The SMILES string of the molecule is CN(CCNC(=O)CCCCC1CCSS1)CC(N)=O. The van der Waals surface area contributed by atoms with Gasteiger partial charge in [0.25, 0.3) is 0 Å². The number of nitrogens with zero attached hydrogens (tertiary/aromatic N) is 1. The van der Waals surface area contributed by atoms with E-state index >= 15 is 0 Å². The molecule has 1 atom stereocenters. The molecule has 1 rings (SSSR count). The van der Waals surface area contributed by atoms with Crippen molar-refractivity contribution in [1.29, 1.82) is 0 Å². The van der Waals surface area contributed by atoms with Crippen LogP contribution in [0.25, 0.3) is 0 Å². The Labute approximate surface area is 129 Å². The van der Waals surface area contributed by atoms with E-state index in [0.29, 0.717) is 19.5 Å². The number of hydrogen-bond donors (Lipinski definition) is 2. The fourth-order valence-electron chi connectivity index (χ4n) is 2.04.